The van der Waals surface area contributed by atoms with Crippen molar-refractivity contribution in [3.63, 3.8) is 0 Å². The molecule has 1 amide bonds. The minimum atomic E-state index is -0.228. The van der Waals surface area contributed by atoms with Crippen molar-refractivity contribution in [2.45, 2.75) is 44.8 Å². The van der Waals surface area contributed by atoms with Gasteiger partial charge < -0.3 is 16.2 Å². The van der Waals surface area contributed by atoms with E-state index in [1.54, 1.807) is 13.0 Å². The fourth-order valence-corrected chi connectivity index (χ4v) is 2.19. The molecular formula is C12H18N4O2. The van der Waals surface area contributed by atoms with Crippen LogP contribution in [-0.4, -0.2) is 33.1 Å². The molecule has 1 aromatic heterocycles. The molecule has 1 aliphatic rings. The molecule has 18 heavy (non-hydrogen) atoms. The molecule has 6 nitrogen and oxygen atoms in total. The first-order chi connectivity index (χ1) is 8.54. The fraction of sp³-hybridized carbons (Fsp3) is 0.583. The van der Waals surface area contributed by atoms with Crippen LogP contribution in [0.25, 0.3) is 0 Å². The number of nitrogen functional groups attached to an aromatic ring is 1. The van der Waals surface area contributed by atoms with Crippen molar-refractivity contribution in [3.8, 4) is 0 Å². The van der Waals surface area contributed by atoms with E-state index in [1.807, 2.05) is 0 Å². The van der Waals surface area contributed by atoms with Crippen LogP contribution in [0, 0.1) is 6.92 Å². The number of carbonyl (C=O) groups is 1. The van der Waals surface area contributed by atoms with E-state index >= 15 is 0 Å². The van der Waals surface area contributed by atoms with Crippen LogP contribution in [0.2, 0.25) is 0 Å². The average molecular weight is 250 g/mol. The SMILES string of the molecule is Cc1cc(C(=O)NC2CCC(O)CC2)nc(N)n1. The van der Waals surface area contributed by atoms with Crippen LogP contribution in [0.1, 0.15) is 41.9 Å². The maximum absolute atomic E-state index is 12.0. The van der Waals surface area contributed by atoms with E-state index in [-0.39, 0.29) is 24.0 Å². The van der Waals surface area contributed by atoms with Gasteiger partial charge in [-0.25, -0.2) is 9.97 Å². The highest BCUT2D eigenvalue weighted by atomic mass is 16.3. The number of anilines is 1. The summed E-state index contributed by atoms with van der Waals surface area (Å²) in [5.41, 5.74) is 6.48. The Morgan fingerprint density at radius 3 is 2.67 bits per heavy atom. The number of aromatic nitrogens is 2. The molecular weight excluding hydrogens is 232 g/mol. The normalized spacial score (nSPS) is 23.7. The van der Waals surface area contributed by atoms with Crippen molar-refractivity contribution in [3.05, 3.63) is 17.5 Å². The summed E-state index contributed by atoms with van der Waals surface area (Å²) in [6.07, 6.45) is 2.83. The van der Waals surface area contributed by atoms with Crippen LogP contribution in [0.15, 0.2) is 6.07 Å². The molecule has 6 heteroatoms. The lowest BCUT2D eigenvalue weighted by atomic mass is 9.93. The molecule has 4 N–H and O–H groups in total. The van der Waals surface area contributed by atoms with Crippen molar-refractivity contribution >= 4 is 11.9 Å². The molecule has 1 fully saturated rings. The van der Waals surface area contributed by atoms with Gasteiger partial charge in [0.15, 0.2) is 0 Å². The molecule has 0 unspecified atom stereocenters. The molecule has 1 aromatic rings. The van der Waals surface area contributed by atoms with Crippen LogP contribution in [0.4, 0.5) is 5.95 Å². The minimum Gasteiger partial charge on any atom is -0.393 e. The second kappa shape index (κ2) is 5.30. The standard InChI is InChI=1S/C12H18N4O2/c1-7-6-10(16-12(13)14-7)11(18)15-8-2-4-9(17)5-3-8/h6,8-9,17H,2-5H2,1H3,(H,15,18)(H2,13,14,16). The van der Waals surface area contributed by atoms with Gasteiger partial charge in [0, 0.05) is 11.7 Å². The molecule has 1 aliphatic carbocycles. The number of carbonyl (C=O) groups excluding carboxylic acids is 1. The molecule has 98 valence electrons. The summed E-state index contributed by atoms with van der Waals surface area (Å²) in [6.45, 7) is 1.77. The van der Waals surface area contributed by atoms with Gasteiger partial charge in [0.2, 0.25) is 5.95 Å². The van der Waals surface area contributed by atoms with Gasteiger partial charge in [0.05, 0.1) is 6.10 Å². The number of hydrogen-bond donors (Lipinski definition) is 3. The lowest BCUT2D eigenvalue weighted by Crippen LogP contribution is -2.39. The molecule has 0 spiro atoms. The van der Waals surface area contributed by atoms with E-state index in [0.29, 0.717) is 11.4 Å². The summed E-state index contributed by atoms with van der Waals surface area (Å²) in [7, 11) is 0. The van der Waals surface area contributed by atoms with Crippen molar-refractivity contribution in [1.29, 1.82) is 0 Å². The zero-order chi connectivity index (χ0) is 13.1. The summed E-state index contributed by atoms with van der Waals surface area (Å²) in [5.74, 6) is -0.118. The van der Waals surface area contributed by atoms with Crippen LogP contribution >= 0.6 is 0 Å². The van der Waals surface area contributed by atoms with Crippen molar-refractivity contribution < 1.29 is 9.90 Å². The zero-order valence-corrected chi connectivity index (χ0v) is 10.4. The van der Waals surface area contributed by atoms with Gasteiger partial charge in [-0.05, 0) is 38.7 Å². The first kappa shape index (κ1) is 12.8. The molecule has 0 atom stereocenters. The summed E-state index contributed by atoms with van der Waals surface area (Å²) in [5, 5.41) is 12.3. The molecule has 2 rings (SSSR count). The number of aliphatic hydroxyl groups is 1. The number of nitrogens with zero attached hydrogens (tertiary/aromatic N) is 2. The Balaban J connectivity index is 1.99. The van der Waals surface area contributed by atoms with Gasteiger partial charge in [-0.1, -0.05) is 0 Å². The quantitative estimate of drug-likeness (QED) is 0.705. The Kier molecular flexibility index (Phi) is 3.76. The molecule has 0 aromatic carbocycles. The zero-order valence-electron chi connectivity index (χ0n) is 10.4. The molecule has 0 saturated heterocycles. The smallest absolute Gasteiger partial charge is 0.270 e. The monoisotopic (exact) mass is 250 g/mol. The number of amides is 1. The second-order valence-electron chi connectivity index (χ2n) is 4.73. The molecule has 0 aliphatic heterocycles. The fourth-order valence-electron chi connectivity index (χ4n) is 2.19. The molecule has 0 radical (unpaired) electrons. The third-order valence-corrected chi connectivity index (χ3v) is 3.14. The topological polar surface area (TPSA) is 101 Å². The first-order valence-electron chi connectivity index (χ1n) is 6.14. The highest BCUT2D eigenvalue weighted by Crippen LogP contribution is 2.18. The lowest BCUT2D eigenvalue weighted by Gasteiger charge is -2.26. The maximum atomic E-state index is 12.0. The Labute approximate surface area is 106 Å². The largest absolute Gasteiger partial charge is 0.393 e. The number of aryl methyl sites for hydroxylation is 1. The van der Waals surface area contributed by atoms with Crippen molar-refractivity contribution in [1.82, 2.24) is 15.3 Å². The minimum absolute atomic E-state index is 0.109. The van der Waals surface area contributed by atoms with Crippen LogP contribution < -0.4 is 11.1 Å². The van der Waals surface area contributed by atoms with Crippen LogP contribution in [-0.2, 0) is 0 Å². The van der Waals surface area contributed by atoms with Gasteiger partial charge in [0.1, 0.15) is 5.69 Å². The number of rotatable bonds is 2. The maximum Gasteiger partial charge on any atom is 0.270 e. The Morgan fingerprint density at radius 2 is 2.06 bits per heavy atom. The Hall–Kier alpha value is -1.69. The summed E-state index contributed by atoms with van der Waals surface area (Å²) in [6, 6.07) is 1.72. The summed E-state index contributed by atoms with van der Waals surface area (Å²) in [4.78, 5) is 19.8. The summed E-state index contributed by atoms with van der Waals surface area (Å²) < 4.78 is 0. The van der Waals surface area contributed by atoms with E-state index in [1.165, 1.54) is 0 Å². The van der Waals surface area contributed by atoms with Gasteiger partial charge in [-0.3, -0.25) is 4.79 Å². The Bertz CT molecular complexity index is 421. The van der Waals surface area contributed by atoms with Gasteiger partial charge in [-0.2, -0.15) is 0 Å². The number of nitrogens with two attached hydrogens (primary N) is 1. The van der Waals surface area contributed by atoms with Crippen molar-refractivity contribution in [2.24, 2.45) is 0 Å². The Morgan fingerprint density at radius 1 is 1.39 bits per heavy atom. The number of nitrogens with one attached hydrogen (secondary N) is 1. The van der Waals surface area contributed by atoms with E-state index in [2.05, 4.69) is 15.3 Å². The van der Waals surface area contributed by atoms with E-state index in [9.17, 15) is 9.90 Å². The van der Waals surface area contributed by atoms with Crippen LogP contribution in [0.5, 0.6) is 0 Å². The number of aliphatic hydroxyl groups excluding tert-OH is 1. The third kappa shape index (κ3) is 3.16. The first-order valence-corrected chi connectivity index (χ1v) is 6.14. The van der Waals surface area contributed by atoms with E-state index < -0.39 is 0 Å². The second-order valence-corrected chi connectivity index (χ2v) is 4.73. The van der Waals surface area contributed by atoms with Gasteiger partial charge in [0.25, 0.3) is 5.91 Å². The predicted molar refractivity (Wildman–Crippen MR) is 66.9 cm³/mol. The van der Waals surface area contributed by atoms with E-state index in [0.717, 1.165) is 25.7 Å². The summed E-state index contributed by atoms with van der Waals surface area (Å²) >= 11 is 0. The molecule has 1 heterocycles. The lowest BCUT2D eigenvalue weighted by molar-refractivity contribution is 0.0863. The number of hydrogen-bond acceptors (Lipinski definition) is 5. The molecule has 1 saturated carbocycles. The highest BCUT2D eigenvalue weighted by molar-refractivity contribution is 5.92. The predicted octanol–water partition coefficient (Wildman–Crippen LogP) is 0.401. The van der Waals surface area contributed by atoms with Gasteiger partial charge in [-0.15, -0.1) is 0 Å². The van der Waals surface area contributed by atoms with E-state index in [4.69, 9.17) is 5.73 Å². The third-order valence-electron chi connectivity index (χ3n) is 3.14. The average Bonchev–Trinajstić information content (AvgIpc) is 2.31. The van der Waals surface area contributed by atoms with Crippen LogP contribution in [0.3, 0.4) is 0 Å². The van der Waals surface area contributed by atoms with Gasteiger partial charge >= 0.3 is 0 Å². The van der Waals surface area contributed by atoms with Crippen molar-refractivity contribution in [2.75, 3.05) is 5.73 Å². The highest BCUT2D eigenvalue weighted by Gasteiger charge is 2.21. The molecule has 0 bridgehead atoms.